The van der Waals surface area contributed by atoms with Crippen LogP contribution >= 0.6 is 11.8 Å². The SMILES string of the molecule is CC1=CC23CCCN2CCc2cc4c(cc2[C@@H]3C1OC(=O)C1(CC(=O)SC(C)(C)C)CCCC(C)(C)O1)OCO4. The Morgan fingerprint density at radius 1 is 1.07 bits per heavy atom. The van der Waals surface area contributed by atoms with Crippen molar-refractivity contribution >= 4 is 22.8 Å². The third kappa shape index (κ3) is 4.88. The second kappa shape index (κ2) is 9.77. The Morgan fingerprint density at radius 2 is 1.82 bits per heavy atom. The molecule has 1 aromatic carbocycles. The topological polar surface area (TPSA) is 74.3 Å². The van der Waals surface area contributed by atoms with Crippen LogP contribution in [0.15, 0.2) is 23.8 Å². The molecule has 0 amide bonds. The summed E-state index contributed by atoms with van der Waals surface area (Å²) in [6, 6.07) is 4.25. The Bertz CT molecular complexity index is 1250. The molecule has 8 heteroatoms. The molecule has 2 fully saturated rings. The molecule has 0 saturated carbocycles. The van der Waals surface area contributed by atoms with Crippen LogP contribution in [0.5, 0.6) is 11.5 Å². The molecule has 2 saturated heterocycles. The Morgan fingerprint density at radius 3 is 2.55 bits per heavy atom. The van der Waals surface area contributed by atoms with Crippen molar-refractivity contribution in [2.45, 2.75) is 120 Å². The highest BCUT2D eigenvalue weighted by atomic mass is 32.2. The first kappa shape index (κ1) is 28.1. The Hall–Kier alpha value is -2.03. The van der Waals surface area contributed by atoms with E-state index < -0.39 is 23.3 Å². The molecule has 6 rings (SSSR count). The van der Waals surface area contributed by atoms with Crippen LogP contribution in [0, 0.1) is 0 Å². The number of benzene rings is 1. The van der Waals surface area contributed by atoms with Gasteiger partial charge in [-0.05, 0) is 94.7 Å². The average Bonchev–Trinajstić information content (AvgIpc) is 3.51. The number of fused-ring (bicyclic) bond motifs is 3. The lowest BCUT2D eigenvalue weighted by Gasteiger charge is -2.45. The van der Waals surface area contributed by atoms with Crippen molar-refractivity contribution < 1.29 is 28.5 Å². The maximum atomic E-state index is 14.4. The van der Waals surface area contributed by atoms with Gasteiger partial charge >= 0.3 is 5.97 Å². The zero-order valence-electron chi connectivity index (χ0n) is 24.8. The van der Waals surface area contributed by atoms with Crippen molar-refractivity contribution in [1.82, 2.24) is 4.90 Å². The number of thioether (sulfide) groups is 1. The molecular formula is C32H43NO6S. The van der Waals surface area contributed by atoms with E-state index in [1.807, 2.05) is 34.6 Å². The first-order valence-corrected chi connectivity index (χ1v) is 15.6. The van der Waals surface area contributed by atoms with E-state index in [2.05, 4.69) is 30.0 Å². The van der Waals surface area contributed by atoms with Gasteiger partial charge in [0, 0.05) is 17.2 Å². The van der Waals surface area contributed by atoms with Crippen molar-refractivity contribution in [2.75, 3.05) is 19.9 Å². The zero-order valence-corrected chi connectivity index (χ0v) is 25.6. The highest BCUT2D eigenvalue weighted by Crippen LogP contribution is 2.56. The van der Waals surface area contributed by atoms with Crippen molar-refractivity contribution in [3.63, 3.8) is 0 Å². The van der Waals surface area contributed by atoms with Gasteiger partial charge in [-0.1, -0.05) is 38.6 Å². The van der Waals surface area contributed by atoms with Gasteiger partial charge in [0.05, 0.1) is 17.6 Å². The minimum Gasteiger partial charge on any atom is -0.455 e. The van der Waals surface area contributed by atoms with Crippen LogP contribution in [0.4, 0.5) is 0 Å². The van der Waals surface area contributed by atoms with Crippen LogP contribution in [0.3, 0.4) is 0 Å². The molecule has 3 unspecified atom stereocenters. The summed E-state index contributed by atoms with van der Waals surface area (Å²) < 4.78 is 24.4. The van der Waals surface area contributed by atoms with Crippen LogP contribution in [-0.2, 0) is 25.5 Å². The number of nitrogens with zero attached hydrogens (tertiary/aromatic N) is 1. The molecule has 0 bridgehead atoms. The summed E-state index contributed by atoms with van der Waals surface area (Å²) in [6.07, 6.45) is 7.11. The van der Waals surface area contributed by atoms with E-state index in [4.69, 9.17) is 18.9 Å². The van der Waals surface area contributed by atoms with Gasteiger partial charge < -0.3 is 18.9 Å². The van der Waals surface area contributed by atoms with Gasteiger partial charge in [-0.2, -0.15) is 0 Å². The fourth-order valence-electron chi connectivity index (χ4n) is 7.81. The summed E-state index contributed by atoms with van der Waals surface area (Å²) in [5, 5.41) is -0.0354. The van der Waals surface area contributed by atoms with Crippen molar-refractivity contribution in [2.24, 2.45) is 0 Å². The summed E-state index contributed by atoms with van der Waals surface area (Å²) in [5.74, 6) is 1.08. The van der Waals surface area contributed by atoms with Crippen LogP contribution in [0.25, 0.3) is 0 Å². The van der Waals surface area contributed by atoms with E-state index in [0.29, 0.717) is 6.42 Å². The van der Waals surface area contributed by atoms with E-state index in [1.54, 1.807) is 0 Å². The fourth-order valence-corrected chi connectivity index (χ4v) is 8.79. The number of carbonyl (C=O) groups excluding carboxylic acids is 2. The summed E-state index contributed by atoms with van der Waals surface area (Å²) in [7, 11) is 0. The molecule has 1 aromatic rings. The summed E-state index contributed by atoms with van der Waals surface area (Å²) >= 11 is 1.27. The van der Waals surface area contributed by atoms with Gasteiger partial charge in [-0.25, -0.2) is 4.79 Å². The first-order chi connectivity index (χ1) is 18.8. The van der Waals surface area contributed by atoms with Crippen molar-refractivity contribution in [3.8, 4) is 11.5 Å². The lowest BCUT2D eigenvalue weighted by atomic mass is 9.77. The number of esters is 1. The Balaban J connectivity index is 1.36. The number of ether oxygens (including phenoxy) is 4. The van der Waals surface area contributed by atoms with Crippen molar-refractivity contribution in [3.05, 3.63) is 34.9 Å². The molecule has 218 valence electrons. The Kier molecular flexibility index (Phi) is 6.87. The van der Waals surface area contributed by atoms with Gasteiger partial charge in [0.25, 0.3) is 0 Å². The maximum absolute atomic E-state index is 14.4. The standard InChI is InChI=1S/C32H43NO6S/c1-20-17-31-11-8-13-33(31)14-9-21-15-23-24(37-19-36-23)16-22(21)26(31)27(20)38-28(35)32(12-7-10-30(5,6)39-32)18-25(34)40-29(2,3)4/h15-17,26-27H,7-14,18-19H2,1-6H3/t26-,27?,31?,32?/m1/s1. The molecule has 0 radical (unpaired) electrons. The van der Waals surface area contributed by atoms with Crippen LogP contribution in [-0.4, -0.2) is 63.5 Å². The molecule has 1 spiro atoms. The number of carbonyl (C=O) groups is 2. The minimum atomic E-state index is -1.29. The number of rotatable bonds is 4. The van der Waals surface area contributed by atoms with Gasteiger partial charge in [-0.3, -0.25) is 9.69 Å². The Labute approximate surface area is 242 Å². The first-order valence-electron chi connectivity index (χ1n) is 14.8. The molecule has 40 heavy (non-hydrogen) atoms. The predicted octanol–water partition coefficient (Wildman–Crippen LogP) is 5.93. The molecular weight excluding hydrogens is 526 g/mol. The summed E-state index contributed by atoms with van der Waals surface area (Å²) in [5.41, 5.74) is 1.47. The third-order valence-electron chi connectivity index (χ3n) is 9.27. The predicted molar refractivity (Wildman–Crippen MR) is 155 cm³/mol. The number of hydrogen-bond donors (Lipinski definition) is 0. The maximum Gasteiger partial charge on any atom is 0.339 e. The smallest absolute Gasteiger partial charge is 0.339 e. The highest BCUT2D eigenvalue weighted by Gasteiger charge is 2.58. The van der Waals surface area contributed by atoms with E-state index >= 15 is 0 Å². The molecule has 5 aliphatic rings. The summed E-state index contributed by atoms with van der Waals surface area (Å²) in [6.45, 7) is 14.4. The van der Waals surface area contributed by atoms with Gasteiger partial charge in [0.2, 0.25) is 6.79 Å². The van der Waals surface area contributed by atoms with Gasteiger partial charge in [0.1, 0.15) is 6.10 Å². The lowest BCUT2D eigenvalue weighted by Crippen LogP contribution is -2.54. The molecule has 4 heterocycles. The van der Waals surface area contributed by atoms with E-state index in [9.17, 15) is 9.59 Å². The van der Waals surface area contributed by atoms with E-state index in [-0.39, 0.29) is 34.5 Å². The summed E-state index contributed by atoms with van der Waals surface area (Å²) in [4.78, 5) is 30.2. The second-order valence-corrected chi connectivity index (χ2v) is 15.8. The molecule has 0 N–H and O–H groups in total. The van der Waals surface area contributed by atoms with Crippen LogP contribution in [0.1, 0.15) is 97.1 Å². The highest BCUT2D eigenvalue weighted by molar-refractivity contribution is 8.14. The molecule has 7 nitrogen and oxygen atoms in total. The quantitative estimate of drug-likeness (QED) is 0.327. The van der Waals surface area contributed by atoms with Crippen LogP contribution < -0.4 is 9.47 Å². The van der Waals surface area contributed by atoms with Gasteiger partial charge in [-0.15, -0.1) is 0 Å². The normalized spacial score (nSPS) is 32.5. The van der Waals surface area contributed by atoms with E-state index in [0.717, 1.165) is 62.3 Å². The second-order valence-electron chi connectivity index (χ2n) is 13.9. The lowest BCUT2D eigenvalue weighted by molar-refractivity contribution is -0.212. The molecule has 4 atom stereocenters. The zero-order chi connectivity index (χ0) is 28.5. The van der Waals surface area contributed by atoms with Crippen molar-refractivity contribution in [1.29, 1.82) is 0 Å². The third-order valence-corrected chi connectivity index (χ3v) is 10.3. The number of hydrogen-bond acceptors (Lipinski definition) is 8. The van der Waals surface area contributed by atoms with Gasteiger partial charge in [0.15, 0.2) is 22.2 Å². The molecule has 0 aromatic heterocycles. The van der Waals surface area contributed by atoms with E-state index in [1.165, 1.54) is 22.9 Å². The van der Waals surface area contributed by atoms with Crippen LogP contribution in [0.2, 0.25) is 0 Å². The average molecular weight is 570 g/mol. The largest absolute Gasteiger partial charge is 0.455 e. The molecule has 4 aliphatic heterocycles. The molecule has 1 aliphatic carbocycles. The minimum absolute atomic E-state index is 0.0177. The monoisotopic (exact) mass is 569 g/mol. The fraction of sp³-hybridized carbons (Fsp3) is 0.688.